The van der Waals surface area contributed by atoms with Gasteiger partial charge in [0.2, 0.25) is 5.91 Å². The van der Waals surface area contributed by atoms with Crippen molar-refractivity contribution >= 4 is 53.1 Å². The number of benzene rings is 1. The maximum atomic E-state index is 12.1. The predicted molar refractivity (Wildman–Crippen MR) is 127 cm³/mol. The Kier molecular flexibility index (Phi) is 11.5. The average molecular weight is 516 g/mol. The first-order chi connectivity index (χ1) is 13.1. The van der Waals surface area contributed by atoms with Crippen LogP contribution in [0.2, 0.25) is 5.02 Å². The van der Waals surface area contributed by atoms with Gasteiger partial charge >= 0.3 is 0 Å². The highest BCUT2D eigenvalue weighted by Gasteiger charge is 2.07. The van der Waals surface area contributed by atoms with E-state index in [0.717, 1.165) is 36.5 Å². The van der Waals surface area contributed by atoms with Gasteiger partial charge in [0.25, 0.3) is 0 Å². The number of hydrogen-bond acceptors (Lipinski definition) is 3. The molecule has 0 fully saturated rings. The van der Waals surface area contributed by atoms with Crippen molar-refractivity contribution in [3.05, 3.63) is 58.9 Å². The Bertz CT molecular complexity index is 770. The van der Waals surface area contributed by atoms with E-state index in [9.17, 15) is 4.79 Å². The Morgan fingerprint density at radius 3 is 2.71 bits per heavy atom. The SMILES string of the molecule is CCNC(=NCCC(=O)Nc1cccc(Cl)c1C)NCCc1ccccn1.I. The summed E-state index contributed by atoms with van der Waals surface area (Å²) in [6.45, 7) is 5.75. The third-order valence-corrected chi connectivity index (χ3v) is 4.30. The fourth-order valence-electron chi connectivity index (χ4n) is 2.42. The van der Waals surface area contributed by atoms with Crippen molar-refractivity contribution in [3.63, 3.8) is 0 Å². The molecule has 0 atom stereocenters. The van der Waals surface area contributed by atoms with Gasteiger partial charge in [0, 0.05) is 48.5 Å². The predicted octanol–water partition coefficient (Wildman–Crippen LogP) is 3.79. The second-order valence-electron chi connectivity index (χ2n) is 5.97. The minimum Gasteiger partial charge on any atom is -0.357 e. The summed E-state index contributed by atoms with van der Waals surface area (Å²) in [6.07, 6.45) is 2.89. The Labute approximate surface area is 188 Å². The molecule has 0 aliphatic heterocycles. The summed E-state index contributed by atoms with van der Waals surface area (Å²) in [6, 6.07) is 11.3. The van der Waals surface area contributed by atoms with Crippen molar-refractivity contribution in [1.82, 2.24) is 15.6 Å². The quantitative estimate of drug-likeness (QED) is 0.284. The Morgan fingerprint density at radius 2 is 2.00 bits per heavy atom. The van der Waals surface area contributed by atoms with E-state index in [1.54, 1.807) is 12.3 Å². The highest BCUT2D eigenvalue weighted by Crippen LogP contribution is 2.22. The van der Waals surface area contributed by atoms with Gasteiger partial charge in [-0.25, -0.2) is 0 Å². The molecule has 0 aliphatic carbocycles. The molecule has 152 valence electrons. The summed E-state index contributed by atoms with van der Waals surface area (Å²) in [4.78, 5) is 20.9. The van der Waals surface area contributed by atoms with Gasteiger partial charge in [-0.05, 0) is 43.7 Å². The molecule has 3 N–H and O–H groups in total. The summed E-state index contributed by atoms with van der Waals surface area (Å²) in [5.41, 5.74) is 2.62. The monoisotopic (exact) mass is 515 g/mol. The first kappa shape index (κ1) is 24.2. The third kappa shape index (κ3) is 8.43. The molecular weight excluding hydrogens is 489 g/mol. The number of carbonyl (C=O) groups is 1. The van der Waals surface area contributed by atoms with E-state index in [4.69, 9.17) is 11.6 Å². The van der Waals surface area contributed by atoms with Crippen molar-refractivity contribution < 1.29 is 4.79 Å². The molecule has 0 saturated heterocycles. The van der Waals surface area contributed by atoms with Crippen LogP contribution < -0.4 is 16.0 Å². The highest BCUT2D eigenvalue weighted by atomic mass is 127. The number of hydrogen-bond donors (Lipinski definition) is 3. The molecule has 0 spiro atoms. The van der Waals surface area contributed by atoms with Crippen LogP contribution in [-0.4, -0.2) is 36.5 Å². The van der Waals surface area contributed by atoms with Gasteiger partial charge in [-0.15, -0.1) is 24.0 Å². The molecule has 0 radical (unpaired) electrons. The zero-order valence-corrected chi connectivity index (χ0v) is 19.3. The number of pyridine rings is 1. The van der Waals surface area contributed by atoms with E-state index in [2.05, 4.69) is 25.9 Å². The molecule has 1 heterocycles. The highest BCUT2D eigenvalue weighted by molar-refractivity contribution is 14.0. The molecule has 2 rings (SSSR count). The summed E-state index contributed by atoms with van der Waals surface area (Å²) in [5, 5.41) is 9.95. The van der Waals surface area contributed by atoms with E-state index in [0.29, 0.717) is 23.9 Å². The molecule has 1 aromatic heterocycles. The third-order valence-electron chi connectivity index (χ3n) is 3.89. The number of nitrogens with zero attached hydrogens (tertiary/aromatic N) is 2. The molecule has 0 saturated carbocycles. The second kappa shape index (κ2) is 13.3. The minimum absolute atomic E-state index is 0. The molecule has 0 aliphatic rings. The molecule has 6 nitrogen and oxygen atoms in total. The average Bonchev–Trinajstić information content (AvgIpc) is 2.66. The van der Waals surface area contributed by atoms with Crippen molar-refractivity contribution in [1.29, 1.82) is 0 Å². The zero-order chi connectivity index (χ0) is 19.5. The van der Waals surface area contributed by atoms with Crippen LogP contribution in [0.1, 0.15) is 24.6 Å². The van der Waals surface area contributed by atoms with E-state index in [-0.39, 0.29) is 29.9 Å². The first-order valence-electron chi connectivity index (χ1n) is 9.07. The Morgan fingerprint density at radius 1 is 1.18 bits per heavy atom. The summed E-state index contributed by atoms with van der Waals surface area (Å²) >= 11 is 6.08. The number of rotatable bonds is 8. The standard InChI is InChI=1S/C20H26ClN5O.HI/c1-3-22-20(24-13-10-16-7-4-5-12-23-16)25-14-11-19(27)26-18-9-6-8-17(21)15(18)2;/h4-9,12H,3,10-11,13-14H2,1-2H3,(H,26,27)(H2,22,24,25);1H. The smallest absolute Gasteiger partial charge is 0.226 e. The fourth-order valence-corrected chi connectivity index (χ4v) is 2.60. The van der Waals surface area contributed by atoms with Crippen LogP contribution in [0.25, 0.3) is 0 Å². The van der Waals surface area contributed by atoms with Crippen molar-refractivity contribution in [2.45, 2.75) is 26.7 Å². The van der Waals surface area contributed by atoms with Crippen molar-refractivity contribution in [3.8, 4) is 0 Å². The van der Waals surface area contributed by atoms with Crippen LogP contribution in [0.15, 0.2) is 47.6 Å². The van der Waals surface area contributed by atoms with Gasteiger partial charge in [0.15, 0.2) is 5.96 Å². The summed E-state index contributed by atoms with van der Waals surface area (Å²) in [7, 11) is 0. The van der Waals surface area contributed by atoms with Gasteiger partial charge in [-0.3, -0.25) is 14.8 Å². The van der Waals surface area contributed by atoms with Gasteiger partial charge in [-0.1, -0.05) is 23.7 Å². The topological polar surface area (TPSA) is 78.4 Å². The summed E-state index contributed by atoms with van der Waals surface area (Å²) in [5.74, 6) is 0.605. The molecule has 1 amide bonds. The largest absolute Gasteiger partial charge is 0.357 e. The molecule has 8 heteroatoms. The molecule has 1 aromatic carbocycles. The lowest BCUT2D eigenvalue weighted by Gasteiger charge is -2.11. The van der Waals surface area contributed by atoms with Gasteiger partial charge < -0.3 is 16.0 Å². The van der Waals surface area contributed by atoms with Crippen molar-refractivity contribution in [2.75, 3.05) is 25.0 Å². The number of aromatic nitrogens is 1. The van der Waals surface area contributed by atoms with Crippen LogP contribution in [0.5, 0.6) is 0 Å². The minimum atomic E-state index is -0.0894. The van der Waals surface area contributed by atoms with Crippen LogP contribution in [-0.2, 0) is 11.2 Å². The molecule has 2 aromatic rings. The lowest BCUT2D eigenvalue weighted by atomic mass is 10.2. The zero-order valence-electron chi connectivity index (χ0n) is 16.2. The number of guanidine groups is 1. The Hall–Kier alpha value is -1.87. The van der Waals surface area contributed by atoms with E-state index < -0.39 is 0 Å². The van der Waals surface area contributed by atoms with Crippen LogP contribution in [0.4, 0.5) is 5.69 Å². The van der Waals surface area contributed by atoms with Crippen molar-refractivity contribution in [2.24, 2.45) is 4.99 Å². The molecular formula is C20H27ClIN5O. The van der Waals surface area contributed by atoms with E-state index >= 15 is 0 Å². The number of carbonyl (C=O) groups excluding carboxylic acids is 1. The van der Waals surface area contributed by atoms with Gasteiger partial charge in [0.05, 0.1) is 6.54 Å². The number of aliphatic imine (C=N–C) groups is 1. The molecule has 0 unspecified atom stereocenters. The second-order valence-corrected chi connectivity index (χ2v) is 6.38. The van der Waals surface area contributed by atoms with Crippen LogP contribution in [0, 0.1) is 6.92 Å². The maximum absolute atomic E-state index is 12.1. The van der Waals surface area contributed by atoms with E-state index in [1.165, 1.54) is 0 Å². The number of halogens is 2. The number of anilines is 1. The summed E-state index contributed by atoms with van der Waals surface area (Å²) < 4.78 is 0. The normalized spacial score (nSPS) is 10.8. The fraction of sp³-hybridized carbons (Fsp3) is 0.350. The van der Waals surface area contributed by atoms with E-state index in [1.807, 2.05) is 44.2 Å². The van der Waals surface area contributed by atoms with Gasteiger partial charge in [-0.2, -0.15) is 0 Å². The lowest BCUT2D eigenvalue weighted by Crippen LogP contribution is -2.38. The van der Waals surface area contributed by atoms with Crippen LogP contribution >= 0.6 is 35.6 Å². The van der Waals surface area contributed by atoms with Crippen LogP contribution in [0.3, 0.4) is 0 Å². The number of amides is 1. The molecule has 0 bridgehead atoms. The lowest BCUT2D eigenvalue weighted by molar-refractivity contribution is -0.116. The number of nitrogens with one attached hydrogen (secondary N) is 3. The maximum Gasteiger partial charge on any atom is 0.226 e. The Balaban J connectivity index is 0.00000392. The molecule has 28 heavy (non-hydrogen) atoms. The van der Waals surface area contributed by atoms with Gasteiger partial charge in [0.1, 0.15) is 0 Å². The first-order valence-corrected chi connectivity index (χ1v) is 9.45.